The molecule has 0 aromatic heterocycles. The fraction of sp³-hybridized carbons (Fsp3) is 0.407. The molecular weight excluding hydrogens is 609 g/mol. The van der Waals surface area contributed by atoms with E-state index in [-0.39, 0.29) is 42.5 Å². The van der Waals surface area contributed by atoms with E-state index in [0.717, 1.165) is 0 Å². The maximum Gasteiger partial charge on any atom is 0.494 e. The molecule has 33 heavy (non-hydrogen) atoms. The van der Waals surface area contributed by atoms with E-state index >= 15 is 0 Å². The second-order valence-electron chi connectivity index (χ2n) is 10.2. The van der Waals surface area contributed by atoms with Crippen LogP contribution in [-0.4, -0.2) is 28.5 Å². The van der Waals surface area contributed by atoms with E-state index in [2.05, 4.69) is 80.2 Å². The summed E-state index contributed by atoms with van der Waals surface area (Å²) >= 11 is 1.88. The van der Waals surface area contributed by atoms with Gasteiger partial charge in [0.05, 0.1) is 10.7 Å². The van der Waals surface area contributed by atoms with Crippen molar-refractivity contribution < 1.29 is 34.6 Å². The summed E-state index contributed by atoms with van der Waals surface area (Å²) in [7, 11) is 2.07. The van der Waals surface area contributed by atoms with Crippen LogP contribution in [0.15, 0.2) is 45.9 Å². The first kappa shape index (κ1) is 25.6. The molecule has 2 heterocycles. The zero-order valence-corrected chi connectivity index (χ0v) is 23.5. The number of aliphatic hydroxyl groups is 1. The minimum Gasteiger partial charge on any atom is -0.512 e. The van der Waals surface area contributed by atoms with E-state index in [9.17, 15) is 4.79 Å². The maximum atomic E-state index is 10.0. The van der Waals surface area contributed by atoms with Gasteiger partial charge in [0.2, 0.25) is 0 Å². The van der Waals surface area contributed by atoms with Crippen LogP contribution in [0.1, 0.15) is 65.5 Å². The van der Waals surface area contributed by atoms with Crippen LogP contribution in [0.3, 0.4) is 0 Å². The molecule has 0 spiro atoms. The van der Waals surface area contributed by atoms with E-state index in [0.29, 0.717) is 0 Å². The molecule has 4 nitrogen and oxygen atoms in total. The Hall–Kier alpha value is -1.97. The van der Waals surface area contributed by atoms with Gasteiger partial charge < -0.3 is 5.11 Å². The zero-order chi connectivity index (χ0) is 23.4. The number of fused-ring (bicyclic) bond motifs is 3. The summed E-state index contributed by atoms with van der Waals surface area (Å²) in [5, 5.41) is 8.36. The molecule has 0 bridgehead atoms. The Bertz CT molecular complexity index is 1250. The molecule has 5 rings (SSSR count). The third-order valence-electron chi connectivity index (χ3n) is 6.47. The summed E-state index contributed by atoms with van der Waals surface area (Å²) in [6.45, 7) is 12.3. The number of carbonyl (C=O) groups is 1. The van der Waals surface area contributed by atoms with Crippen molar-refractivity contribution in [3.63, 3.8) is 0 Å². The maximum absolute atomic E-state index is 10.0. The van der Waals surface area contributed by atoms with Gasteiger partial charge in [-0.15, -0.1) is 35.0 Å². The Morgan fingerprint density at radius 1 is 1.15 bits per heavy atom. The number of nitrogens with zero attached hydrogens (tertiary/aromatic N) is 2. The Kier molecular flexibility index (Phi) is 6.99. The van der Waals surface area contributed by atoms with E-state index in [1.807, 2.05) is 11.8 Å². The number of allylic oxidation sites excluding steroid dienone is 2. The van der Waals surface area contributed by atoms with Gasteiger partial charge in [-0.25, -0.2) is 0 Å². The molecule has 3 aliphatic rings. The molecule has 1 aliphatic carbocycles. The van der Waals surface area contributed by atoms with Crippen molar-refractivity contribution in [3.05, 3.63) is 53.3 Å². The fourth-order valence-electron chi connectivity index (χ4n) is 4.63. The zero-order valence-electron chi connectivity index (χ0n) is 20.3. The molecular formula is C27H31IrN2O2S+. The van der Waals surface area contributed by atoms with Crippen LogP contribution in [0, 0.1) is 6.07 Å². The number of carbonyl (C=O) groups excluding carboxylic acids is 1. The smallest absolute Gasteiger partial charge is 0.494 e. The van der Waals surface area contributed by atoms with Crippen molar-refractivity contribution in [1.29, 1.82) is 0 Å². The van der Waals surface area contributed by atoms with Crippen molar-refractivity contribution in [2.75, 3.05) is 7.05 Å². The van der Waals surface area contributed by atoms with Gasteiger partial charge in [-0.1, -0.05) is 54.7 Å². The second kappa shape index (κ2) is 9.00. The second-order valence-corrected chi connectivity index (χ2v) is 11.2. The topological polar surface area (TPSA) is 43.3 Å². The number of ketones is 1. The number of aliphatic hydroxyl groups excluding tert-OH is 1. The minimum absolute atomic E-state index is 0. The monoisotopic (exact) mass is 640 g/mol. The average molecular weight is 640 g/mol. The van der Waals surface area contributed by atoms with Crippen LogP contribution in [-0.2, 0) is 35.7 Å². The summed E-state index contributed by atoms with van der Waals surface area (Å²) in [5.74, 6) is -0.0625. The first-order valence-corrected chi connectivity index (χ1v) is 11.8. The van der Waals surface area contributed by atoms with Crippen molar-refractivity contribution >= 4 is 40.6 Å². The molecule has 0 saturated heterocycles. The first-order valence-electron chi connectivity index (χ1n) is 11.0. The van der Waals surface area contributed by atoms with Crippen LogP contribution in [0.25, 0.3) is 0 Å². The SMILES string of the molecule is CC(=O)/C=C(/C)O.C[N+]1=C=[N+]2c3[c-]c4c(cc3Sc3cccc1c32)C(C)(C)CCC4(C)C.[Ir]. The van der Waals surface area contributed by atoms with Gasteiger partial charge in [0.1, 0.15) is 5.69 Å². The molecule has 0 amide bonds. The molecule has 175 valence electrons. The molecule has 2 aliphatic heterocycles. The van der Waals surface area contributed by atoms with Gasteiger partial charge in [0.15, 0.2) is 12.8 Å². The summed E-state index contributed by atoms with van der Waals surface area (Å²) in [6, 6.07) is 16.3. The van der Waals surface area contributed by atoms with Gasteiger partial charge in [-0.3, -0.25) is 4.79 Å². The third kappa shape index (κ3) is 4.68. The van der Waals surface area contributed by atoms with Crippen LogP contribution in [0.2, 0.25) is 0 Å². The number of hydrogen-bond acceptors (Lipinski definition) is 3. The van der Waals surface area contributed by atoms with Crippen molar-refractivity contribution in [2.24, 2.45) is 0 Å². The number of rotatable bonds is 1. The van der Waals surface area contributed by atoms with Crippen molar-refractivity contribution in [1.82, 2.24) is 4.58 Å². The van der Waals surface area contributed by atoms with E-state index in [4.69, 9.17) is 5.11 Å². The van der Waals surface area contributed by atoms with Gasteiger partial charge in [-0.2, -0.15) is 0 Å². The standard InChI is InChI=1S/C22H23N2S.C5H8O2.Ir/c1-21(2)9-10-22(3,4)15-12-19-17(11-14(15)21)24-13-23(5)16-7-6-8-18(25-19)20(16)24;1-4(6)3-5(2)7;/h6-8,12H,9-10H2,1-5H3;3,6H,1-2H3;/q+1;;/b;4-3-;. The number of hydrogen-bond donors (Lipinski definition) is 1. The predicted molar refractivity (Wildman–Crippen MR) is 131 cm³/mol. The number of benzene rings is 2. The molecule has 0 saturated carbocycles. The largest absolute Gasteiger partial charge is 0.512 e. The van der Waals surface area contributed by atoms with Crippen LogP contribution < -0.4 is 4.58 Å². The number of para-hydroxylation sites is 1. The molecule has 6 heteroatoms. The molecule has 1 radical (unpaired) electrons. The van der Waals surface area contributed by atoms with Gasteiger partial charge in [-0.05, 0) is 36.6 Å². The molecule has 2 aromatic carbocycles. The van der Waals surface area contributed by atoms with E-state index in [1.165, 1.54) is 70.7 Å². The Labute approximate surface area is 214 Å². The van der Waals surface area contributed by atoms with Crippen LogP contribution >= 0.6 is 11.8 Å². The third-order valence-corrected chi connectivity index (χ3v) is 7.55. The molecule has 0 fully saturated rings. The first-order chi connectivity index (χ1) is 14.9. The predicted octanol–water partition coefficient (Wildman–Crippen LogP) is 6.63. The van der Waals surface area contributed by atoms with E-state index in [1.54, 1.807) is 0 Å². The van der Waals surface area contributed by atoms with Crippen molar-refractivity contribution in [2.45, 2.75) is 75.0 Å². The van der Waals surface area contributed by atoms with Gasteiger partial charge in [0.25, 0.3) is 5.69 Å². The quantitative estimate of drug-likeness (QED) is 0.141. The average Bonchev–Trinajstić information content (AvgIpc) is 3.03. The van der Waals surface area contributed by atoms with Gasteiger partial charge >= 0.3 is 11.7 Å². The molecule has 0 atom stereocenters. The molecule has 2 aromatic rings. The van der Waals surface area contributed by atoms with Crippen molar-refractivity contribution in [3.8, 4) is 0 Å². The summed E-state index contributed by atoms with van der Waals surface area (Å²) in [6.07, 6.45) is 3.61. The van der Waals surface area contributed by atoms with Crippen LogP contribution in [0.5, 0.6) is 0 Å². The minimum atomic E-state index is -0.125. The summed E-state index contributed by atoms with van der Waals surface area (Å²) in [5.41, 5.74) is 6.90. The fourth-order valence-corrected chi connectivity index (χ4v) is 5.72. The van der Waals surface area contributed by atoms with Crippen LogP contribution in [0.4, 0.5) is 17.1 Å². The Morgan fingerprint density at radius 3 is 2.42 bits per heavy atom. The van der Waals surface area contributed by atoms with Gasteiger partial charge in [0, 0.05) is 32.2 Å². The normalized spacial score (nSPS) is 18.3. The Balaban J connectivity index is 0.000000337. The van der Waals surface area contributed by atoms with E-state index < -0.39 is 0 Å². The summed E-state index contributed by atoms with van der Waals surface area (Å²) in [4.78, 5) is 12.6. The summed E-state index contributed by atoms with van der Waals surface area (Å²) < 4.78 is 4.31. The molecule has 0 unspecified atom stereocenters. The molecule has 1 N–H and O–H groups in total. The Morgan fingerprint density at radius 2 is 1.82 bits per heavy atom.